The molecule has 2 unspecified atom stereocenters. The Bertz CT molecular complexity index is 1040. The Morgan fingerprint density at radius 1 is 1.23 bits per heavy atom. The van der Waals surface area contributed by atoms with Crippen molar-refractivity contribution < 1.29 is 13.4 Å². The summed E-state index contributed by atoms with van der Waals surface area (Å²) in [6.45, 7) is 0.887. The molecule has 1 fully saturated rings. The van der Waals surface area contributed by atoms with Gasteiger partial charge in [-0.15, -0.1) is 0 Å². The fraction of sp³-hybridized carbons (Fsp3) is 0.318. The van der Waals surface area contributed by atoms with Gasteiger partial charge in [-0.1, -0.05) is 51.8 Å². The van der Waals surface area contributed by atoms with Crippen LogP contribution in [-0.4, -0.2) is 45.0 Å². The van der Waals surface area contributed by atoms with Gasteiger partial charge >= 0.3 is 0 Å². The van der Waals surface area contributed by atoms with E-state index in [1.165, 1.54) is 0 Å². The second-order valence-corrected chi connectivity index (χ2v) is 11.4. The van der Waals surface area contributed by atoms with Crippen molar-refractivity contribution in [3.8, 4) is 11.1 Å². The summed E-state index contributed by atoms with van der Waals surface area (Å²) in [6, 6.07) is 13.3. The van der Waals surface area contributed by atoms with Crippen LogP contribution in [0.1, 0.15) is 12.8 Å². The van der Waals surface area contributed by atoms with Gasteiger partial charge in [0, 0.05) is 62.1 Å². The predicted molar refractivity (Wildman–Crippen MR) is 129 cm³/mol. The summed E-state index contributed by atoms with van der Waals surface area (Å²) in [5.74, 6) is -0.288. The van der Waals surface area contributed by atoms with E-state index in [1.807, 2.05) is 42.5 Å². The van der Waals surface area contributed by atoms with Crippen molar-refractivity contribution in [2.24, 2.45) is 0 Å². The lowest BCUT2D eigenvalue weighted by Gasteiger charge is -2.35. The highest BCUT2D eigenvalue weighted by Crippen LogP contribution is 2.40. The molecule has 0 saturated carbocycles. The summed E-state index contributed by atoms with van der Waals surface area (Å²) in [4.78, 5) is 13.5. The summed E-state index contributed by atoms with van der Waals surface area (Å²) in [7, 11) is -1.08. The van der Waals surface area contributed by atoms with Gasteiger partial charge in [-0.25, -0.2) is 8.70 Å². The molecule has 0 aromatic heterocycles. The van der Waals surface area contributed by atoms with E-state index in [2.05, 4.69) is 25.6 Å². The average molecular weight is 544 g/mol. The molecule has 0 aliphatic carbocycles. The van der Waals surface area contributed by atoms with E-state index in [9.17, 15) is 9.00 Å². The van der Waals surface area contributed by atoms with Gasteiger partial charge in [-0.2, -0.15) is 0 Å². The van der Waals surface area contributed by atoms with E-state index in [-0.39, 0.29) is 18.9 Å². The van der Waals surface area contributed by atoms with E-state index < -0.39 is 22.4 Å². The Hall–Kier alpha value is -1.19. The molecule has 2 heterocycles. The minimum Gasteiger partial charge on any atom is -0.346 e. The number of amides is 1. The molecule has 1 saturated heterocycles. The summed E-state index contributed by atoms with van der Waals surface area (Å²) in [6.07, 6.45) is 1.90. The third kappa shape index (κ3) is 5.42. The molecule has 4 rings (SSSR count). The largest absolute Gasteiger partial charge is 0.346 e. The highest BCUT2D eigenvalue weighted by molar-refractivity contribution is 9.10. The van der Waals surface area contributed by atoms with E-state index in [0.29, 0.717) is 23.9 Å². The lowest BCUT2D eigenvalue weighted by Crippen LogP contribution is -2.52. The van der Waals surface area contributed by atoms with E-state index in [4.69, 9.17) is 11.6 Å². The molecule has 31 heavy (non-hydrogen) atoms. The molecule has 2 aromatic rings. The van der Waals surface area contributed by atoms with Crippen LogP contribution in [0.15, 0.2) is 63.3 Å². The van der Waals surface area contributed by atoms with Gasteiger partial charge in [0.05, 0.1) is 11.8 Å². The SMILES string of the molecule is O=C(NC1C=CS(=O)C1)C1(F)CCN(Sc2ccc(Br)cc2-c2ccccc2Cl)CC1. The monoisotopic (exact) mass is 542 g/mol. The number of carbonyl (C=O) groups excluding carboxylic acids is 1. The Kier molecular flexibility index (Phi) is 7.23. The molecule has 0 radical (unpaired) electrons. The van der Waals surface area contributed by atoms with Gasteiger partial charge in [-0.3, -0.25) is 9.00 Å². The lowest BCUT2D eigenvalue weighted by atomic mass is 9.93. The van der Waals surface area contributed by atoms with Crippen LogP contribution in [-0.2, 0) is 15.6 Å². The van der Waals surface area contributed by atoms with Crippen LogP contribution in [0.2, 0.25) is 5.02 Å². The van der Waals surface area contributed by atoms with Gasteiger partial charge in [0.1, 0.15) is 0 Å². The zero-order chi connectivity index (χ0) is 22.0. The third-order valence-electron chi connectivity index (χ3n) is 5.38. The second-order valence-electron chi connectivity index (χ2n) is 7.56. The number of alkyl halides is 1. The van der Waals surface area contributed by atoms with Gasteiger partial charge in [0.2, 0.25) is 0 Å². The first-order valence-electron chi connectivity index (χ1n) is 9.87. The maximum atomic E-state index is 15.3. The third-order valence-corrected chi connectivity index (χ3v) is 8.53. The summed E-state index contributed by atoms with van der Waals surface area (Å²) in [5.41, 5.74) is 0.0345. The Labute approximate surface area is 201 Å². The number of rotatable bonds is 5. The van der Waals surface area contributed by atoms with Crippen LogP contribution < -0.4 is 5.32 Å². The van der Waals surface area contributed by atoms with Gasteiger partial charge in [-0.05, 0) is 41.8 Å². The molecule has 9 heteroatoms. The highest BCUT2D eigenvalue weighted by atomic mass is 79.9. The number of nitrogens with zero attached hydrogens (tertiary/aromatic N) is 1. The number of hydrogen-bond acceptors (Lipinski definition) is 4. The summed E-state index contributed by atoms with van der Waals surface area (Å²) < 4.78 is 29.8. The van der Waals surface area contributed by atoms with E-state index in [0.717, 1.165) is 20.5 Å². The number of benzene rings is 2. The first-order chi connectivity index (χ1) is 14.8. The molecule has 2 aliphatic heterocycles. The van der Waals surface area contributed by atoms with Gasteiger partial charge < -0.3 is 5.32 Å². The average Bonchev–Trinajstić information content (AvgIpc) is 3.16. The first kappa shape index (κ1) is 23.0. The van der Waals surface area contributed by atoms with Crippen molar-refractivity contribution in [3.05, 3.63) is 63.4 Å². The Morgan fingerprint density at radius 2 is 1.97 bits per heavy atom. The van der Waals surface area contributed by atoms with Gasteiger partial charge in [0.15, 0.2) is 5.67 Å². The molecular formula is C22H21BrClFN2O2S2. The number of carbonyl (C=O) groups is 1. The van der Waals surface area contributed by atoms with Crippen molar-refractivity contribution in [2.75, 3.05) is 18.8 Å². The van der Waals surface area contributed by atoms with Crippen LogP contribution in [0.5, 0.6) is 0 Å². The van der Waals surface area contributed by atoms with Crippen molar-refractivity contribution in [1.29, 1.82) is 0 Å². The molecule has 2 atom stereocenters. The Morgan fingerprint density at radius 3 is 2.65 bits per heavy atom. The van der Waals surface area contributed by atoms with Crippen LogP contribution in [0.3, 0.4) is 0 Å². The molecule has 2 aromatic carbocycles. The van der Waals surface area contributed by atoms with Crippen molar-refractivity contribution in [2.45, 2.75) is 29.4 Å². The first-order valence-corrected chi connectivity index (χ1v) is 13.2. The molecule has 0 bridgehead atoms. The highest BCUT2D eigenvalue weighted by Gasteiger charge is 2.42. The normalized spacial score (nSPS) is 23.1. The molecule has 1 amide bonds. The maximum Gasteiger partial charge on any atom is 0.258 e. The lowest BCUT2D eigenvalue weighted by molar-refractivity contribution is -0.135. The smallest absolute Gasteiger partial charge is 0.258 e. The van der Waals surface area contributed by atoms with Crippen molar-refractivity contribution >= 4 is 56.2 Å². The van der Waals surface area contributed by atoms with Crippen LogP contribution in [0, 0.1) is 0 Å². The molecule has 4 nitrogen and oxygen atoms in total. The topological polar surface area (TPSA) is 49.4 Å². The fourth-order valence-electron chi connectivity index (χ4n) is 3.63. The quantitative estimate of drug-likeness (QED) is 0.517. The zero-order valence-corrected chi connectivity index (χ0v) is 20.5. The molecular weight excluding hydrogens is 523 g/mol. The van der Waals surface area contributed by atoms with Crippen LogP contribution >= 0.6 is 39.5 Å². The predicted octanol–water partition coefficient (Wildman–Crippen LogP) is 5.34. The minimum atomic E-state index is -1.90. The zero-order valence-electron chi connectivity index (χ0n) is 16.5. The van der Waals surface area contributed by atoms with Crippen LogP contribution in [0.25, 0.3) is 11.1 Å². The van der Waals surface area contributed by atoms with E-state index >= 15 is 4.39 Å². The molecule has 164 valence electrons. The summed E-state index contributed by atoms with van der Waals surface area (Å²) >= 11 is 11.5. The minimum absolute atomic E-state index is 0.114. The number of nitrogens with one attached hydrogen (secondary N) is 1. The van der Waals surface area contributed by atoms with E-state index in [1.54, 1.807) is 23.4 Å². The standard InChI is InChI=1S/C22H21BrClFN2O2S2/c23-15-5-6-20(18(13-15)17-3-1-2-4-19(17)24)30-27-10-8-22(25,9-11-27)21(28)26-16-7-12-31(29)14-16/h1-7,12-13,16H,8-11,14H2,(H,26,28). The number of piperidine rings is 1. The summed E-state index contributed by atoms with van der Waals surface area (Å²) in [5, 5.41) is 4.90. The molecule has 0 spiro atoms. The van der Waals surface area contributed by atoms with Crippen LogP contribution in [0.4, 0.5) is 4.39 Å². The molecule has 2 aliphatic rings. The Balaban J connectivity index is 1.42. The number of halogens is 3. The van der Waals surface area contributed by atoms with Crippen molar-refractivity contribution in [1.82, 2.24) is 9.62 Å². The van der Waals surface area contributed by atoms with Gasteiger partial charge in [0.25, 0.3) is 5.91 Å². The van der Waals surface area contributed by atoms with Crippen molar-refractivity contribution in [3.63, 3.8) is 0 Å². The maximum absolute atomic E-state index is 15.3. The number of hydrogen-bond donors (Lipinski definition) is 1. The fourth-order valence-corrected chi connectivity index (χ4v) is 6.29. The molecule has 1 N–H and O–H groups in total. The second kappa shape index (κ2) is 9.75.